The molecule has 0 aliphatic carbocycles. The summed E-state index contributed by atoms with van der Waals surface area (Å²) in [4.78, 5) is 26.8. The Bertz CT molecular complexity index is 558. The Hall–Kier alpha value is -1.63. The van der Waals surface area contributed by atoms with Gasteiger partial charge in [-0.1, -0.05) is 12.1 Å². The number of nitrogens with zero attached hydrogens (tertiary/aromatic N) is 2. The number of hydrogen-bond acceptors (Lipinski definition) is 4. The Labute approximate surface area is 141 Å². The Kier molecular flexibility index (Phi) is 5.98. The predicted octanol–water partition coefficient (Wildman–Crippen LogP) is 1.38. The van der Waals surface area contributed by atoms with Gasteiger partial charge in [0.05, 0.1) is 19.1 Å². The van der Waals surface area contributed by atoms with Gasteiger partial charge in [-0.15, -0.1) is 12.4 Å². The summed E-state index contributed by atoms with van der Waals surface area (Å²) in [6, 6.07) is 7.81. The molecule has 0 saturated carbocycles. The maximum absolute atomic E-state index is 11.9. The van der Waals surface area contributed by atoms with Gasteiger partial charge in [-0.25, -0.2) is 0 Å². The molecule has 2 saturated heterocycles. The van der Waals surface area contributed by atoms with Crippen molar-refractivity contribution in [2.24, 2.45) is 5.92 Å². The molecule has 0 bridgehead atoms. The van der Waals surface area contributed by atoms with Crippen molar-refractivity contribution in [1.82, 2.24) is 4.90 Å². The van der Waals surface area contributed by atoms with E-state index in [2.05, 4.69) is 4.90 Å². The number of benzene rings is 1. The quantitative estimate of drug-likeness (QED) is 0.896. The topological polar surface area (TPSA) is 70.1 Å². The van der Waals surface area contributed by atoms with Crippen molar-refractivity contribution in [1.29, 1.82) is 0 Å². The molecular formula is C16H21ClN2O4. The van der Waals surface area contributed by atoms with Crippen LogP contribution in [0.2, 0.25) is 0 Å². The normalized spacial score (nSPS) is 22.0. The fourth-order valence-electron chi connectivity index (χ4n) is 2.92. The molecule has 7 heteroatoms. The van der Waals surface area contributed by atoms with Crippen LogP contribution < -0.4 is 4.90 Å². The van der Waals surface area contributed by atoms with Gasteiger partial charge in [0.2, 0.25) is 5.91 Å². The number of carbonyl (C=O) groups is 2. The van der Waals surface area contributed by atoms with E-state index in [1.54, 1.807) is 4.90 Å². The molecule has 1 amide bonds. The fraction of sp³-hybridized carbons (Fsp3) is 0.500. The fourth-order valence-corrected chi connectivity index (χ4v) is 2.92. The molecule has 6 nitrogen and oxygen atoms in total. The minimum absolute atomic E-state index is 0. The SMILES string of the molecule is Cl.O=C(O)[C@@H]1CC(=O)N(c2ccc(CN3CCOCC3)cc2)C1. The molecule has 0 aromatic heterocycles. The smallest absolute Gasteiger partial charge is 0.308 e. The van der Waals surface area contributed by atoms with Crippen LogP contribution in [0.3, 0.4) is 0 Å². The van der Waals surface area contributed by atoms with E-state index in [1.807, 2.05) is 24.3 Å². The Morgan fingerprint density at radius 1 is 1.22 bits per heavy atom. The summed E-state index contributed by atoms with van der Waals surface area (Å²) in [7, 11) is 0. The molecule has 1 N–H and O–H groups in total. The second-order valence-corrected chi connectivity index (χ2v) is 5.80. The van der Waals surface area contributed by atoms with Crippen LogP contribution >= 0.6 is 12.4 Å². The van der Waals surface area contributed by atoms with Crippen LogP contribution in [0, 0.1) is 5.92 Å². The molecule has 2 fully saturated rings. The number of carbonyl (C=O) groups excluding carboxylic acids is 1. The van der Waals surface area contributed by atoms with E-state index in [1.165, 1.54) is 5.56 Å². The molecule has 0 unspecified atom stereocenters. The largest absolute Gasteiger partial charge is 0.481 e. The second-order valence-electron chi connectivity index (χ2n) is 5.80. The van der Waals surface area contributed by atoms with Gasteiger partial charge in [-0.2, -0.15) is 0 Å². The maximum Gasteiger partial charge on any atom is 0.308 e. The van der Waals surface area contributed by atoms with Crippen LogP contribution in [0.25, 0.3) is 0 Å². The van der Waals surface area contributed by atoms with Crippen LogP contribution in [-0.4, -0.2) is 54.7 Å². The molecule has 1 aromatic rings. The second kappa shape index (κ2) is 7.77. The van der Waals surface area contributed by atoms with Crippen molar-refractivity contribution in [3.05, 3.63) is 29.8 Å². The lowest BCUT2D eigenvalue weighted by molar-refractivity contribution is -0.141. The van der Waals surface area contributed by atoms with Gasteiger partial charge in [0.25, 0.3) is 0 Å². The number of hydrogen-bond donors (Lipinski definition) is 1. The summed E-state index contributed by atoms with van der Waals surface area (Å²) in [6.45, 7) is 4.56. The zero-order chi connectivity index (χ0) is 15.5. The third kappa shape index (κ3) is 4.22. The lowest BCUT2D eigenvalue weighted by Gasteiger charge is -2.26. The van der Waals surface area contributed by atoms with Crippen molar-refractivity contribution in [3.63, 3.8) is 0 Å². The molecule has 2 heterocycles. The number of halogens is 1. The summed E-state index contributed by atoms with van der Waals surface area (Å²) in [6.07, 6.45) is 0.0882. The van der Waals surface area contributed by atoms with Crippen molar-refractivity contribution < 1.29 is 19.4 Å². The average Bonchev–Trinajstić information content (AvgIpc) is 2.91. The third-order valence-electron chi connectivity index (χ3n) is 4.23. The van der Waals surface area contributed by atoms with Crippen LogP contribution in [0.15, 0.2) is 24.3 Å². The highest BCUT2D eigenvalue weighted by molar-refractivity contribution is 5.99. The van der Waals surface area contributed by atoms with Gasteiger partial charge in [0, 0.05) is 38.3 Å². The molecule has 1 atom stereocenters. The van der Waals surface area contributed by atoms with Crippen molar-refractivity contribution in [2.45, 2.75) is 13.0 Å². The van der Waals surface area contributed by atoms with E-state index in [-0.39, 0.29) is 31.3 Å². The zero-order valence-corrected chi connectivity index (χ0v) is 13.6. The molecule has 2 aliphatic heterocycles. The number of carboxylic acid groups (broad SMARTS) is 1. The number of ether oxygens (including phenoxy) is 1. The number of aliphatic carboxylic acids is 1. The van der Waals surface area contributed by atoms with Gasteiger partial charge in [-0.3, -0.25) is 14.5 Å². The number of morpholine rings is 1. The third-order valence-corrected chi connectivity index (χ3v) is 4.23. The monoisotopic (exact) mass is 340 g/mol. The summed E-state index contributed by atoms with van der Waals surface area (Å²) in [5.41, 5.74) is 1.96. The lowest BCUT2D eigenvalue weighted by atomic mass is 10.1. The summed E-state index contributed by atoms with van der Waals surface area (Å²) >= 11 is 0. The number of rotatable bonds is 4. The molecule has 0 spiro atoms. The first-order valence-corrected chi connectivity index (χ1v) is 7.55. The number of amides is 1. The van der Waals surface area contributed by atoms with E-state index < -0.39 is 11.9 Å². The van der Waals surface area contributed by atoms with Gasteiger partial charge in [0.15, 0.2) is 0 Å². The Morgan fingerprint density at radius 3 is 2.43 bits per heavy atom. The van der Waals surface area contributed by atoms with Crippen molar-refractivity contribution >= 4 is 30.0 Å². The minimum atomic E-state index is -0.903. The highest BCUT2D eigenvalue weighted by Crippen LogP contribution is 2.25. The molecule has 2 aliphatic rings. The zero-order valence-electron chi connectivity index (χ0n) is 12.8. The van der Waals surface area contributed by atoms with E-state index in [0.717, 1.165) is 38.5 Å². The highest BCUT2D eigenvalue weighted by atomic mass is 35.5. The van der Waals surface area contributed by atoms with Gasteiger partial charge in [0.1, 0.15) is 0 Å². The maximum atomic E-state index is 11.9. The van der Waals surface area contributed by atoms with E-state index in [9.17, 15) is 9.59 Å². The molecular weight excluding hydrogens is 320 g/mol. The van der Waals surface area contributed by atoms with Crippen LogP contribution in [-0.2, 0) is 20.9 Å². The average molecular weight is 341 g/mol. The van der Waals surface area contributed by atoms with E-state index in [4.69, 9.17) is 9.84 Å². The summed E-state index contributed by atoms with van der Waals surface area (Å²) in [5, 5.41) is 9.03. The van der Waals surface area contributed by atoms with Gasteiger partial charge >= 0.3 is 5.97 Å². The Balaban J connectivity index is 0.00000192. The van der Waals surface area contributed by atoms with Crippen LogP contribution in [0.5, 0.6) is 0 Å². The minimum Gasteiger partial charge on any atom is -0.481 e. The van der Waals surface area contributed by atoms with Crippen LogP contribution in [0.1, 0.15) is 12.0 Å². The molecule has 0 radical (unpaired) electrons. The van der Waals surface area contributed by atoms with Gasteiger partial charge < -0.3 is 14.7 Å². The number of anilines is 1. The Morgan fingerprint density at radius 2 is 1.87 bits per heavy atom. The number of carboxylic acids is 1. The summed E-state index contributed by atoms with van der Waals surface area (Å²) in [5.74, 6) is -1.62. The molecule has 23 heavy (non-hydrogen) atoms. The van der Waals surface area contributed by atoms with E-state index >= 15 is 0 Å². The predicted molar refractivity (Wildman–Crippen MR) is 87.9 cm³/mol. The van der Waals surface area contributed by atoms with Crippen LogP contribution in [0.4, 0.5) is 5.69 Å². The molecule has 1 aromatic carbocycles. The van der Waals surface area contributed by atoms with Crippen molar-refractivity contribution in [2.75, 3.05) is 37.7 Å². The van der Waals surface area contributed by atoms with E-state index in [0.29, 0.717) is 0 Å². The first kappa shape index (κ1) is 17.7. The lowest BCUT2D eigenvalue weighted by Crippen LogP contribution is -2.35. The first-order chi connectivity index (χ1) is 10.6. The van der Waals surface area contributed by atoms with Gasteiger partial charge in [-0.05, 0) is 17.7 Å². The summed E-state index contributed by atoms with van der Waals surface area (Å²) < 4.78 is 5.33. The highest BCUT2D eigenvalue weighted by Gasteiger charge is 2.34. The molecule has 3 rings (SSSR count). The first-order valence-electron chi connectivity index (χ1n) is 7.55. The van der Waals surface area contributed by atoms with Crippen molar-refractivity contribution in [3.8, 4) is 0 Å². The molecule has 126 valence electrons. The standard InChI is InChI=1S/C16H20N2O4.ClH/c19-15-9-13(16(20)21)11-18(15)14-3-1-12(2-4-14)10-17-5-7-22-8-6-17;/h1-4,13H,5-11H2,(H,20,21);1H/t13-;/m1./s1.